The molecule has 0 heterocycles. The van der Waals surface area contributed by atoms with Crippen LogP contribution in [0.15, 0.2) is 24.3 Å². The zero-order chi connectivity index (χ0) is 12.0. The maximum atomic E-state index is 10.4. The van der Waals surface area contributed by atoms with E-state index in [4.69, 9.17) is 14.4 Å². The molecular weight excluding hydrogens is 255 g/mol. The number of aromatic hydroxyl groups is 1. The summed E-state index contributed by atoms with van der Waals surface area (Å²) in [5.41, 5.74) is 0. The SMILES string of the molecule is O=S(=O)(O)CCCCOc1ccc(O)cc1.[H-].[Na+]. The van der Waals surface area contributed by atoms with Crippen molar-refractivity contribution in [2.75, 3.05) is 12.4 Å². The Morgan fingerprint density at radius 1 is 1.18 bits per heavy atom. The molecule has 0 aliphatic rings. The van der Waals surface area contributed by atoms with E-state index in [0.29, 0.717) is 25.2 Å². The van der Waals surface area contributed by atoms with E-state index in [1.807, 2.05) is 0 Å². The number of unbranched alkanes of at least 4 members (excludes halogenated alkanes) is 1. The zero-order valence-corrected chi connectivity index (χ0v) is 12.5. The van der Waals surface area contributed by atoms with Gasteiger partial charge in [0.25, 0.3) is 10.1 Å². The van der Waals surface area contributed by atoms with E-state index in [9.17, 15) is 8.42 Å². The summed E-state index contributed by atoms with van der Waals surface area (Å²) in [5.74, 6) is 0.537. The summed E-state index contributed by atoms with van der Waals surface area (Å²) in [4.78, 5) is 0. The molecule has 0 aliphatic carbocycles. The van der Waals surface area contributed by atoms with Gasteiger partial charge in [-0.15, -0.1) is 0 Å². The maximum Gasteiger partial charge on any atom is 1.00 e. The van der Waals surface area contributed by atoms with Crippen LogP contribution >= 0.6 is 0 Å². The number of hydrogen-bond acceptors (Lipinski definition) is 4. The van der Waals surface area contributed by atoms with Crippen LogP contribution in [0.5, 0.6) is 11.5 Å². The Morgan fingerprint density at radius 3 is 2.29 bits per heavy atom. The molecule has 2 N–H and O–H groups in total. The van der Waals surface area contributed by atoms with Crippen LogP contribution in [0.2, 0.25) is 0 Å². The molecule has 1 rings (SSSR count). The average molecular weight is 270 g/mol. The second-order valence-corrected chi connectivity index (χ2v) is 4.91. The van der Waals surface area contributed by atoms with Crippen LogP contribution in [0.25, 0.3) is 0 Å². The van der Waals surface area contributed by atoms with Crippen molar-refractivity contribution in [3.63, 3.8) is 0 Å². The summed E-state index contributed by atoms with van der Waals surface area (Å²) < 4.78 is 34.5. The van der Waals surface area contributed by atoms with Crippen molar-refractivity contribution in [2.24, 2.45) is 0 Å². The molecular formula is C10H15NaO5S. The summed E-state index contributed by atoms with van der Waals surface area (Å²) >= 11 is 0. The van der Waals surface area contributed by atoms with Crippen LogP contribution in [0.1, 0.15) is 14.3 Å². The number of phenolic OH excluding ortho intramolecular Hbond substituents is 1. The van der Waals surface area contributed by atoms with Gasteiger partial charge in [-0.05, 0) is 37.1 Å². The van der Waals surface area contributed by atoms with Gasteiger partial charge in [0.1, 0.15) is 11.5 Å². The number of ether oxygens (including phenoxy) is 1. The molecule has 1 aromatic rings. The van der Waals surface area contributed by atoms with Gasteiger partial charge in [0.15, 0.2) is 0 Å². The van der Waals surface area contributed by atoms with Crippen molar-refractivity contribution in [3.05, 3.63) is 24.3 Å². The molecule has 0 fully saturated rings. The molecule has 0 radical (unpaired) electrons. The van der Waals surface area contributed by atoms with Crippen molar-refractivity contribution >= 4 is 10.1 Å². The molecule has 0 bridgehead atoms. The molecule has 0 aromatic heterocycles. The Labute approximate surface area is 124 Å². The summed E-state index contributed by atoms with van der Waals surface area (Å²) in [6.07, 6.45) is 0.900. The van der Waals surface area contributed by atoms with Crippen LogP contribution in [0.4, 0.5) is 0 Å². The Kier molecular flexibility index (Phi) is 7.82. The van der Waals surface area contributed by atoms with E-state index in [1.54, 1.807) is 12.1 Å². The molecule has 0 unspecified atom stereocenters. The average Bonchev–Trinajstić information content (AvgIpc) is 2.19. The van der Waals surface area contributed by atoms with Gasteiger partial charge in [-0.1, -0.05) is 0 Å². The molecule has 0 aliphatic heterocycles. The first-order chi connectivity index (χ1) is 7.47. The van der Waals surface area contributed by atoms with E-state index in [1.165, 1.54) is 12.1 Å². The van der Waals surface area contributed by atoms with Crippen LogP contribution in [-0.4, -0.2) is 30.4 Å². The van der Waals surface area contributed by atoms with Crippen molar-refractivity contribution < 1.29 is 53.8 Å². The zero-order valence-electron chi connectivity index (χ0n) is 10.7. The Bertz CT molecular complexity index is 420. The van der Waals surface area contributed by atoms with Gasteiger partial charge in [-0.25, -0.2) is 0 Å². The minimum Gasteiger partial charge on any atom is -1.00 e. The van der Waals surface area contributed by atoms with Crippen molar-refractivity contribution in [2.45, 2.75) is 12.8 Å². The molecule has 92 valence electrons. The van der Waals surface area contributed by atoms with Gasteiger partial charge in [-0.3, -0.25) is 4.55 Å². The third kappa shape index (κ3) is 8.45. The monoisotopic (exact) mass is 270 g/mol. The van der Waals surface area contributed by atoms with Crippen molar-refractivity contribution in [3.8, 4) is 11.5 Å². The normalized spacial score (nSPS) is 10.6. The molecule has 0 saturated carbocycles. The standard InChI is InChI=1S/C10H14O5S.Na.H/c11-9-3-5-10(6-4-9)15-7-1-2-8-16(12,13)14;;/h3-6,11H,1-2,7-8H2,(H,12,13,14);;/q;+1;-1. The summed E-state index contributed by atoms with van der Waals surface area (Å²) in [6, 6.07) is 6.26. The predicted molar refractivity (Wildman–Crippen MR) is 60.4 cm³/mol. The van der Waals surface area contributed by atoms with Crippen molar-refractivity contribution in [1.29, 1.82) is 0 Å². The Balaban J connectivity index is 0. The molecule has 0 atom stereocenters. The topological polar surface area (TPSA) is 83.8 Å². The maximum absolute atomic E-state index is 10.4. The molecule has 5 nitrogen and oxygen atoms in total. The first kappa shape index (κ1) is 16.7. The quantitative estimate of drug-likeness (QED) is 0.375. The summed E-state index contributed by atoms with van der Waals surface area (Å²) in [6.45, 7) is 0.375. The number of phenols is 1. The Hall–Kier alpha value is -0.270. The molecule has 7 heteroatoms. The largest absolute Gasteiger partial charge is 1.00 e. The minimum absolute atomic E-state index is 0. The fourth-order valence-electron chi connectivity index (χ4n) is 1.12. The first-order valence-corrected chi connectivity index (χ1v) is 6.45. The number of rotatable bonds is 6. The van der Waals surface area contributed by atoms with E-state index >= 15 is 0 Å². The predicted octanol–water partition coefficient (Wildman–Crippen LogP) is -1.44. The van der Waals surface area contributed by atoms with Gasteiger partial charge in [0.2, 0.25) is 0 Å². The number of benzene rings is 1. The fraction of sp³-hybridized carbons (Fsp3) is 0.400. The molecule has 0 saturated heterocycles. The van der Waals surface area contributed by atoms with Crippen LogP contribution in [0, 0.1) is 0 Å². The smallest absolute Gasteiger partial charge is 1.00 e. The van der Waals surface area contributed by atoms with Crippen LogP contribution < -0.4 is 34.3 Å². The number of hydrogen-bond donors (Lipinski definition) is 2. The van der Waals surface area contributed by atoms with Crippen molar-refractivity contribution in [1.82, 2.24) is 0 Å². The molecule has 17 heavy (non-hydrogen) atoms. The second-order valence-electron chi connectivity index (χ2n) is 3.34. The van der Waals surface area contributed by atoms with Gasteiger partial charge in [0, 0.05) is 0 Å². The van der Waals surface area contributed by atoms with Gasteiger partial charge in [0.05, 0.1) is 12.4 Å². The molecule has 1 aromatic carbocycles. The fourth-order valence-corrected chi connectivity index (χ4v) is 1.69. The van der Waals surface area contributed by atoms with Crippen LogP contribution in [-0.2, 0) is 10.1 Å². The molecule has 0 amide bonds. The van der Waals surface area contributed by atoms with Gasteiger partial charge >= 0.3 is 29.6 Å². The second kappa shape index (κ2) is 7.94. The third-order valence-electron chi connectivity index (χ3n) is 1.90. The summed E-state index contributed by atoms with van der Waals surface area (Å²) in [5, 5.41) is 9.01. The van der Waals surface area contributed by atoms with Gasteiger partial charge < -0.3 is 11.3 Å². The van der Waals surface area contributed by atoms with Crippen LogP contribution in [0.3, 0.4) is 0 Å². The van der Waals surface area contributed by atoms with E-state index in [-0.39, 0.29) is 42.5 Å². The van der Waals surface area contributed by atoms with E-state index in [2.05, 4.69) is 0 Å². The third-order valence-corrected chi connectivity index (χ3v) is 2.71. The van der Waals surface area contributed by atoms with E-state index < -0.39 is 10.1 Å². The van der Waals surface area contributed by atoms with E-state index in [0.717, 1.165) is 0 Å². The Morgan fingerprint density at radius 2 is 1.76 bits per heavy atom. The minimum atomic E-state index is -3.86. The molecule has 0 spiro atoms. The summed E-state index contributed by atoms with van der Waals surface area (Å²) in [7, 11) is -3.86. The van der Waals surface area contributed by atoms with Gasteiger partial charge in [-0.2, -0.15) is 8.42 Å². The first-order valence-electron chi connectivity index (χ1n) is 4.84.